The Balaban J connectivity index is 1.64. The van der Waals surface area contributed by atoms with Gasteiger partial charge in [-0.2, -0.15) is 0 Å². The molecule has 1 aromatic rings. The molecule has 3 rings (SSSR count). The Morgan fingerprint density at radius 2 is 1.95 bits per heavy atom. The van der Waals surface area contributed by atoms with E-state index < -0.39 is 9.84 Å². The van der Waals surface area contributed by atoms with Gasteiger partial charge in [0.05, 0.1) is 11.5 Å². The van der Waals surface area contributed by atoms with Gasteiger partial charge in [0, 0.05) is 17.1 Å². The molecule has 2 aliphatic rings. The highest BCUT2D eigenvalue weighted by Crippen LogP contribution is 2.26. The second-order valence-electron chi connectivity index (χ2n) is 5.64. The molecule has 1 aliphatic carbocycles. The molecule has 1 saturated heterocycles. The molecule has 1 aliphatic heterocycles. The van der Waals surface area contributed by atoms with Gasteiger partial charge in [-0.3, -0.25) is 0 Å². The van der Waals surface area contributed by atoms with Gasteiger partial charge in [0.25, 0.3) is 0 Å². The molecular formula is C14H18ClNO2S. The zero-order valence-electron chi connectivity index (χ0n) is 10.7. The molecule has 0 bridgehead atoms. The molecule has 104 valence electrons. The fourth-order valence-corrected chi connectivity index (χ4v) is 5.04. The summed E-state index contributed by atoms with van der Waals surface area (Å²) in [5, 5.41) is 4.30. The summed E-state index contributed by atoms with van der Waals surface area (Å²) >= 11 is 6.00. The third-order valence-corrected chi connectivity index (χ3v) is 6.09. The molecule has 5 heteroatoms. The van der Waals surface area contributed by atoms with Crippen LogP contribution in [0.1, 0.15) is 24.0 Å². The fraction of sp³-hybridized carbons (Fsp3) is 0.571. The summed E-state index contributed by atoms with van der Waals surface area (Å²) < 4.78 is 23.3. The molecular weight excluding hydrogens is 282 g/mol. The van der Waals surface area contributed by atoms with E-state index in [9.17, 15) is 8.42 Å². The van der Waals surface area contributed by atoms with E-state index in [1.54, 1.807) is 0 Å². The van der Waals surface area contributed by atoms with Crippen molar-refractivity contribution >= 4 is 21.4 Å². The lowest BCUT2D eigenvalue weighted by atomic mass is 10.1. The van der Waals surface area contributed by atoms with E-state index in [1.165, 1.54) is 11.1 Å². The summed E-state index contributed by atoms with van der Waals surface area (Å²) in [6.45, 7) is 0. The van der Waals surface area contributed by atoms with Gasteiger partial charge in [-0.25, -0.2) is 8.42 Å². The van der Waals surface area contributed by atoms with Crippen molar-refractivity contribution in [3.63, 3.8) is 0 Å². The highest BCUT2D eigenvalue weighted by Gasteiger charge is 2.29. The zero-order chi connectivity index (χ0) is 13.5. The lowest BCUT2D eigenvalue weighted by molar-refractivity contribution is 0.421. The molecule has 1 N–H and O–H groups in total. The van der Waals surface area contributed by atoms with Gasteiger partial charge in [0.15, 0.2) is 9.84 Å². The Bertz CT molecular complexity index is 585. The minimum atomic E-state index is -2.83. The lowest BCUT2D eigenvalue weighted by Gasteiger charge is -2.26. The molecule has 1 heterocycles. The van der Waals surface area contributed by atoms with E-state index in [0.29, 0.717) is 17.5 Å². The molecule has 2 atom stereocenters. The summed E-state index contributed by atoms with van der Waals surface area (Å²) in [5.74, 6) is 0.645. The normalized spacial score (nSPS) is 29.1. The van der Waals surface area contributed by atoms with Crippen LogP contribution in [0.15, 0.2) is 18.2 Å². The lowest BCUT2D eigenvalue weighted by Crippen LogP contribution is -2.45. The minimum Gasteiger partial charge on any atom is -0.310 e. The number of fused-ring (bicyclic) bond motifs is 1. The SMILES string of the molecule is O=S1(=O)CCCC(NC2Cc3ccc(Cl)cc3C2)C1. The van der Waals surface area contributed by atoms with Crippen LogP contribution in [0.3, 0.4) is 0 Å². The van der Waals surface area contributed by atoms with Crippen molar-refractivity contribution in [1.29, 1.82) is 0 Å². The Morgan fingerprint density at radius 1 is 1.16 bits per heavy atom. The first-order valence-electron chi connectivity index (χ1n) is 6.76. The van der Waals surface area contributed by atoms with E-state index in [-0.39, 0.29) is 6.04 Å². The van der Waals surface area contributed by atoms with Gasteiger partial charge in [-0.05, 0) is 48.9 Å². The van der Waals surface area contributed by atoms with Gasteiger partial charge in [-0.1, -0.05) is 17.7 Å². The minimum absolute atomic E-state index is 0.119. The standard InChI is InChI=1S/C14H18ClNO2S/c15-12-4-3-10-7-14(8-11(10)6-12)16-13-2-1-5-19(17,18)9-13/h3-4,6,13-14,16H,1-2,5,7-9H2. The Labute approximate surface area is 119 Å². The van der Waals surface area contributed by atoms with Crippen LogP contribution in [-0.4, -0.2) is 32.0 Å². The first kappa shape index (κ1) is 13.4. The monoisotopic (exact) mass is 299 g/mol. The smallest absolute Gasteiger partial charge is 0.151 e. The van der Waals surface area contributed by atoms with E-state index in [2.05, 4.69) is 11.4 Å². The summed E-state index contributed by atoms with van der Waals surface area (Å²) in [6.07, 6.45) is 3.67. The molecule has 0 radical (unpaired) electrons. The van der Waals surface area contributed by atoms with Crippen LogP contribution in [-0.2, 0) is 22.7 Å². The second-order valence-corrected chi connectivity index (χ2v) is 8.30. The van der Waals surface area contributed by atoms with Crippen LogP contribution in [0, 0.1) is 0 Å². The predicted octanol–water partition coefficient (Wildman–Crippen LogP) is 1.97. The third-order valence-electron chi connectivity index (χ3n) is 4.04. The highest BCUT2D eigenvalue weighted by atomic mass is 35.5. The molecule has 0 aromatic heterocycles. The van der Waals surface area contributed by atoms with Crippen molar-refractivity contribution in [3.05, 3.63) is 34.3 Å². The van der Waals surface area contributed by atoms with E-state index in [1.807, 2.05) is 12.1 Å². The van der Waals surface area contributed by atoms with Crippen LogP contribution in [0.25, 0.3) is 0 Å². The number of sulfone groups is 1. The van der Waals surface area contributed by atoms with Crippen LogP contribution >= 0.6 is 11.6 Å². The first-order chi connectivity index (χ1) is 9.02. The van der Waals surface area contributed by atoms with Gasteiger partial charge in [0.1, 0.15) is 0 Å². The molecule has 1 fully saturated rings. The van der Waals surface area contributed by atoms with Crippen molar-refractivity contribution in [3.8, 4) is 0 Å². The van der Waals surface area contributed by atoms with E-state index in [4.69, 9.17) is 11.6 Å². The topological polar surface area (TPSA) is 46.2 Å². The average molecular weight is 300 g/mol. The van der Waals surface area contributed by atoms with E-state index in [0.717, 1.165) is 30.7 Å². The maximum absolute atomic E-state index is 11.6. The van der Waals surface area contributed by atoms with Crippen molar-refractivity contribution in [2.45, 2.75) is 37.8 Å². The quantitative estimate of drug-likeness (QED) is 0.908. The van der Waals surface area contributed by atoms with Crippen molar-refractivity contribution in [2.24, 2.45) is 0 Å². The number of halogens is 1. The van der Waals surface area contributed by atoms with Crippen LogP contribution in [0.5, 0.6) is 0 Å². The third kappa shape index (κ3) is 3.12. The molecule has 0 amide bonds. The van der Waals surface area contributed by atoms with E-state index >= 15 is 0 Å². The summed E-state index contributed by atoms with van der Waals surface area (Å²) in [6, 6.07) is 6.50. The predicted molar refractivity (Wildman–Crippen MR) is 77.5 cm³/mol. The average Bonchev–Trinajstić information content (AvgIpc) is 2.68. The Kier molecular flexibility index (Phi) is 3.58. The molecule has 2 unspecified atom stereocenters. The van der Waals surface area contributed by atoms with Gasteiger partial charge < -0.3 is 5.32 Å². The molecule has 3 nitrogen and oxygen atoms in total. The molecule has 0 saturated carbocycles. The number of hydrogen-bond donors (Lipinski definition) is 1. The number of rotatable bonds is 2. The molecule has 0 spiro atoms. The Hall–Kier alpha value is -0.580. The Morgan fingerprint density at radius 3 is 2.74 bits per heavy atom. The number of nitrogens with one attached hydrogen (secondary N) is 1. The highest BCUT2D eigenvalue weighted by molar-refractivity contribution is 7.91. The van der Waals surface area contributed by atoms with Gasteiger partial charge >= 0.3 is 0 Å². The number of benzene rings is 1. The zero-order valence-corrected chi connectivity index (χ0v) is 12.3. The molecule has 19 heavy (non-hydrogen) atoms. The van der Waals surface area contributed by atoms with Gasteiger partial charge in [0.2, 0.25) is 0 Å². The summed E-state index contributed by atoms with van der Waals surface area (Å²) in [5.41, 5.74) is 2.63. The van der Waals surface area contributed by atoms with Gasteiger partial charge in [-0.15, -0.1) is 0 Å². The molecule has 1 aromatic carbocycles. The maximum Gasteiger partial charge on any atom is 0.151 e. The maximum atomic E-state index is 11.6. The summed E-state index contributed by atoms with van der Waals surface area (Å²) in [4.78, 5) is 0. The van der Waals surface area contributed by atoms with Crippen LogP contribution in [0.4, 0.5) is 0 Å². The van der Waals surface area contributed by atoms with Crippen molar-refractivity contribution in [2.75, 3.05) is 11.5 Å². The fourth-order valence-electron chi connectivity index (χ4n) is 3.19. The summed E-state index contributed by atoms with van der Waals surface area (Å²) in [7, 11) is -2.83. The second kappa shape index (κ2) is 5.08. The van der Waals surface area contributed by atoms with Crippen molar-refractivity contribution in [1.82, 2.24) is 5.32 Å². The first-order valence-corrected chi connectivity index (χ1v) is 8.95. The van der Waals surface area contributed by atoms with Crippen molar-refractivity contribution < 1.29 is 8.42 Å². The van der Waals surface area contributed by atoms with Crippen LogP contribution in [0.2, 0.25) is 5.02 Å². The van der Waals surface area contributed by atoms with Crippen LogP contribution < -0.4 is 5.32 Å². The largest absolute Gasteiger partial charge is 0.310 e. The number of hydrogen-bond acceptors (Lipinski definition) is 3.